The SMILES string of the molecule is Cn1cc(CNc2cc(Cl)cc(C(F)(F)F)c2)cn1. The van der Waals surface area contributed by atoms with E-state index in [1.54, 1.807) is 24.1 Å². The highest BCUT2D eigenvalue weighted by Gasteiger charge is 2.31. The van der Waals surface area contributed by atoms with Crippen LogP contribution in [0.1, 0.15) is 11.1 Å². The van der Waals surface area contributed by atoms with E-state index in [2.05, 4.69) is 10.4 Å². The number of halogens is 4. The van der Waals surface area contributed by atoms with Crippen LogP contribution in [0, 0.1) is 0 Å². The summed E-state index contributed by atoms with van der Waals surface area (Å²) in [5, 5.41) is 6.91. The van der Waals surface area contributed by atoms with Crippen LogP contribution >= 0.6 is 11.6 Å². The lowest BCUT2D eigenvalue weighted by Gasteiger charge is -2.11. The summed E-state index contributed by atoms with van der Waals surface area (Å²) in [5.74, 6) is 0. The average molecular weight is 290 g/mol. The van der Waals surface area contributed by atoms with Gasteiger partial charge in [-0.05, 0) is 18.2 Å². The number of nitrogens with one attached hydrogen (secondary N) is 1. The minimum atomic E-state index is -4.41. The van der Waals surface area contributed by atoms with Gasteiger partial charge in [0.15, 0.2) is 0 Å². The van der Waals surface area contributed by atoms with E-state index in [0.717, 1.165) is 17.7 Å². The summed E-state index contributed by atoms with van der Waals surface area (Å²) in [6.45, 7) is 0.380. The number of hydrogen-bond donors (Lipinski definition) is 1. The molecule has 3 nitrogen and oxygen atoms in total. The molecule has 0 saturated carbocycles. The molecule has 0 unspecified atom stereocenters. The molecule has 0 aliphatic heterocycles. The Bertz CT molecular complexity index is 578. The standard InChI is InChI=1S/C12H11ClF3N3/c1-19-7-8(6-18-19)5-17-11-3-9(12(14,15)16)2-10(13)4-11/h2-4,6-7,17H,5H2,1H3. The summed E-state index contributed by atoms with van der Waals surface area (Å²) < 4.78 is 39.5. The fourth-order valence-electron chi connectivity index (χ4n) is 1.62. The van der Waals surface area contributed by atoms with Gasteiger partial charge in [-0.15, -0.1) is 0 Å². The fourth-order valence-corrected chi connectivity index (χ4v) is 1.86. The zero-order valence-corrected chi connectivity index (χ0v) is 10.8. The van der Waals surface area contributed by atoms with Crippen LogP contribution in [-0.4, -0.2) is 9.78 Å². The number of anilines is 1. The number of benzene rings is 1. The zero-order chi connectivity index (χ0) is 14.0. The van der Waals surface area contributed by atoms with Gasteiger partial charge in [-0.25, -0.2) is 0 Å². The summed E-state index contributed by atoms with van der Waals surface area (Å²) in [7, 11) is 1.77. The van der Waals surface area contributed by atoms with Crippen LogP contribution in [-0.2, 0) is 19.8 Å². The largest absolute Gasteiger partial charge is 0.416 e. The fraction of sp³-hybridized carbons (Fsp3) is 0.250. The van der Waals surface area contributed by atoms with Gasteiger partial charge in [-0.3, -0.25) is 4.68 Å². The number of alkyl halides is 3. The first-order valence-corrected chi connectivity index (χ1v) is 5.81. The molecule has 0 radical (unpaired) electrons. The van der Waals surface area contributed by atoms with Gasteiger partial charge in [0, 0.05) is 36.1 Å². The van der Waals surface area contributed by atoms with Gasteiger partial charge < -0.3 is 5.32 Å². The summed E-state index contributed by atoms with van der Waals surface area (Å²) in [4.78, 5) is 0. The van der Waals surface area contributed by atoms with E-state index in [9.17, 15) is 13.2 Å². The number of rotatable bonds is 3. The second-order valence-electron chi connectivity index (χ2n) is 4.10. The average Bonchev–Trinajstić information content (AvgIpc) is 2.71. The van der Waals surface area contributed by atoms with Gasteiger partial charge in [0.25, 0.3) is 0 Å². The van der Waals surface area contributed by atoms with Crippen molar-refractivity contribution in [3.05, 3.63) is 46.7 Å². The summed E-state index contributed by atoms with van der Waals surface area (Å²) >= 11 is 5.69. The lowest BCUT2D eigenvalue weighted by molar-refractivity contribution is -0.137. The zero-order valence-electron chi connectivity index (χ0n) is 10.0. The van der Waals surface area contributed by atoms with E-state index < -0.39 is 11.7 Å². The number of nitrogens with zero attached hydrogens (tertiary/aromatic N) is 2. The van der Waals surface area contributed by atoms with Crippen LogP contribution in [0.3, 0.4) is 0 Å². The molecule has 0 atom stereocenters. The van der Waals surface area contributed by atoms with Crippen molar-refractivity contribution in [3.8, 4) is 0 Å². The monoisotopic (exact) mass is 289 g/mol. The van der Waals surface area contributed by atoms with Gasteiger partial charge in [-0.2, -0.15) is 18.3 Å². The van der Waals surface area contributed by atoms with Crippen molar-refractivity contribution in [1.82, 2.24) is 9.78 Å². The van der Waals surface area contributed by atoms with E-state index in [-0.39, 0.29) is 5.02 Å². The maximum absolute atomic E-state index is 12.6. The molecule has 1 N–H and O–H groups in total. The Kier molecular flexibility index (Phi) is 3.71. The van der Waals surface area contributed by atoms with Crippen LogP contribution in [0.4, 0.5) is 18.9 Å². The Morgan fingerprint density at radius 1 is 1.32 bits per heavy atom. The molecule has 1 aromatic heterocycles. The van der Waals surface area contributed by atoms with Crippen molar-refractivity contribution < 1.29 is 13.2 Å². The van der Waals surface area contributed by atoms with Crippen LogP contribution in [0.25, 0.3) is 0 Å². The minimum Gasteiger partial charge on any atom is -0.381 e. The van der Waals surface area contributed by atoms with Crippen molar-refractivity contribution in [2.75, 3.05) is 5.32 Å². The van der Waals surface area contributed by atoms with Gasteiger partial charge >= 0.3 is 6.18 Å². The van der Waals surface area contributed by atoms with Gasteiger partial charge in [0.2, 0.25) is 0 Å². The summed E-state index contributed by atoms with van der Waals surface area (Å²) in [6, 6.07) is 3.38. The highest BCUT2D eigenvalue weighted by Crippen LogP contribution is 2.33. The van der Waals surface area contributed by atoms with Crippen LogP contribution < -0.4 is 5.32 Å². The molecule has 0 amide bonds. The van der Waals surface area contributed by atoms with Gasteiger partial charge in [0.05, 0.1) is 11.8 Å². The predicted octanol–water partition coefficient (Wildman–Crippen LogP) is 3.70. The third-order valence-corrected chi connectivity index (χ3v) is 2.70. The molecule has 1 heterocycles. The normalized spacial score (nSPS) is 11.6. The number of hydrogen-bond acceptors (Lipinski definition) is 2. The molecule has 19 heavy (non-hydrogen) atoms. The minimum absolute atomic E-state index is 0.0449. The summed E-state index contributed by atoms with van der Waals surface area (Å²) in [5.41, 5.74) is 0.424. The molecule has 0 bridgehead atoms. The van der Waals surface area contributed by atoms with Gasteiger partial charge in [0.1, 0.15) is 0 Å². The molecular formula is C12H11ClF3N3. The third-order valence-electron chi connectivity index (χ3n) is 2.48. The molecular weight excluding hydrogens is 279 g/mol. The maximum Gasteiger partial charge on any atom is 0.416 e. The summed E-state index contributed by atoms with van der Waals surface area (Å²) in [6.07, 6.45) is -0.986. The first kappa shape index (κ1) is 13.7. The Labute approximate surface area is 113 Å². The van der Waals surface area contributed by atoms with Crippen molar-refractivity contribution >= 4 is 17.3 Å². The number of aryl methyl sites for hydroxylation is 1. The molecule has 0 aliphatic rings. The Morgan fingerprint density at radius 3 is 2.63 bits per heavy atom. The number of aromatic nitrogens is 2. The van der Waals surface area contributed by atoms with E-state index >= 15 is 0 Å². The molecule has 0 saturated heterocycles. The van der Waals surface area contributed by atoms with Gasteiger partial charge in [-0.1, -0.05) is 11.6 Å². The van der Waals surface area contributed by atoms with Crippen molar-refractivity contribution in [3.63, 3.8) is 0 Å². The maximum atomic E-state index is 12.6. The molecule has 2 rings (SSSR count). The second-order valence-corrected chi connectivity index (χ2v) is 4.54. The Hall–Kier alpha value is -1.69. The molecule has 102 valence electrons. The predicted molar refractivity (Wildman–Crippen MR) is 67.0 cm³/mol. The van der Waals surface area contributed by atoms with Crippen molar-refractivity contribution in [2.45, 2.75) is 12.7 Å². The first-order chi connectivity index (χ1) is 8.84. The topological polar surface area (TPSA) is 29.9 Å². The van der Waals surface area contributed by atoms with Crippen molar-refractivity contribution in [1.29, 1.82) is 0 Å². The van der Waals surface area contributed by atoms with Crippen LogP contribution in [0.15, 0.2) is 30.6 Å². The highest BCUT2D eigenvalue weighted by molar-refractivity contribution is 6.30. The highest BCUT2D eigenvalue weighted by atomic mass is 35.5. The molecule has 0 fully saturated rings. The lowest BCUT2D eigenvalue weighted by atomic mass is 10.2. The van der Waals surface area contributed by atoms with E-state index in [1.165, 1.54) is 6.07 Å². The Balaban J connectivity index is 2.14. The van der Waals surface area contributed by atoms with E-state index in [4.69, 9.17) is 11.6 Å². The van der Waals surface area contributed by atoms with E-state index in [0.29, 0.717) is 12.2 Å². The van der Waals surface area contributed by atoms with Crippen molar-refractivity contribution in [2.24, 2.45) is 7.05 Å². The van der Waals surface area contributed by atoms with Crippen LogP contribution in [0.2, 0.25) is 5.02 Å². The second kappa shape index (κ2) is 5.13. The Morgan fingerprint density at radius 2 is 2.05 bits per heavy atom. The first-order valence-electron chi connectivity index (χ1n) is 5.44. The van der Waals surface area contributed by atoms with E-state index in [1.807, 2.05) is 0 Å². The molecule has 2 aromatic rings. The molecule has 0 spiro atoms. The quantitative estimate of drug-likeness (QED) is 0.933. The molecule has 7 heteroatoms. The lowest BCUT2D eigenvalue weighted by Crippen LogP contribution is -2.06. The molecule has 1 aromatic carbocycles. The smallest absolute Gasteiger partial charge is 0.381 e. The third kappa shape index (κ3) is 3.64. The molecule has 0 aliphatic carbocycles. The van der Waals surface area contributed by atoms with Crippen LogP contribution in [0.5, 0.6) is 0 Å².